The minimum atomic E-state index is -4.67. The van der Waals surface area contributed by atoms with Gasteiger partial charge in [-0.1, -0.05) is 0 Å². The second-order valence-electron chi connectivity index (χ2n) is 4.36. The van der Waals surface area contributed by atoms with Gasteiger partial charge < -0.3 is 10.5 Å². The molecule has 0 unspecified atom stereocenters. The fourth-order valence-electron chi connectivity index (χ4n) is 1.75. The van der Waals surface area contributed by atoms with Gasteiger partial charge >= 0.3 is 6.18 Å². The van der Waals surface area contributed by atoms with Gasteiger partial charge in [0.2, 0.25) is 5.91 Å². The van der Waals surface area contributed by atoms with Crippen molar-refractivity contribution in [3.8, 4) is 11.5 Å². The summed E-state index contributed by atoms with van der Waals surface area (Å²) in [6.45, 7) is 0. The lowest BCUT2D eigenvalue weighted by Gasteiger charge is -2.14. The first kappa shape index (κ1) is 15.6. The van der Waals surface area contributed by atoms with Crippen molar-refractivity contribution < 1.29 is 27.5 Å². The Balaban J connectivity index is 2.36. The summed E-state index contributed by atoms with van der Waals surface area (Å²) in [5, 5.41) is 0. The van der Waals surface area contributed by atoms with Crippen LogP contribution in [0.3, 0.4) is 0 Å². The molecule has 0 aliphatic heterocycles. The van der Waals surface area contributed by atoms with Crippen LogP contribution in [-0.2, 0) is 6.18 Å². The lowest BCUT2D eigenvalue weighted by atomic mass is 10.1. The number of hydrogen-bond acceptors (Lipinski definition) is 3. The fourth-order valence-corrected chi connectivity index (χ4v) is 1.75. The van der Waals surface area contributed by atoms with E-state index in [-0.39, 0.29) is 16.9 Å². The molecule has 0 aliphatic carbocycles. The van der Waals surface area contributed by atoms with Crippen molar-refractivity contribution in [2.24, 2.45) is 5.73 Å². The van der Waals surface area contributed by atoms with Gasteiger partial charge in [0, 0.05) is 11.1 Å². The van der Waals surface area contributed by atoms with Crippen LogP contribution in [0.4, 0.5) is 13.2 Å². The van der Waals surface area contributed by atoms with E-state index >= 15 is 0 Å². The second-order valence-corrected chi connectivity index (χ2v) is 4.36. The average Bonchev–Trinajstić information content (AvgIpc) is 2.47. The highest BCUT2D eigenvalue weighted by Crippen LogP contribution is 2.38. The van der Waals surface area contributed by atoms with Gasteiger partial charge in [0.1, 0.15) is 17.8 Å². The molecule has 0 fully saturated rings. The molecule has 0 radical (unpaired) electrons. The molecular weight excluding hydrogens is 299 g/mol. The summed E-state index contributed by atoms with van der Waals surface area (Å²) in [5.74, 6) is -0.989. The summed E-state index contributed by atoms with van der Waals surface area (Å²) in [5.41, 5.74) is 4.11. The SMILES string of the molecule is NC(=O)c1ccc(Oc2ccc(C=O)cc2C(F)(F)F)cc1. The van der Waals surface area contributed by atoms with Gasteiger partial charge in [-0.2, -0.15) is 13.2 Å². The van der Waals surface area contributed by atoms with Crippen molar-refractivity contribution in [3.63, 3.8) is 0 Å². The van der Waals surface area contributed by atoms with Gasteiger partial charge in [0.25, 0.3) is 0 Å². The molecule has 0 heterocycles. The van der Waals surface area contributed by atoms with Crippen LogP contribution in [-0.4, -0.2) is 12.2 Å². The van der Waals surface area contributed by atoms with Crippen molar-refractivity contribution in [1.29, 1.82) is 0 Å². The van der Waals surface area contributed by atoms with E-state index in [4.69, 9.17) is 10.5 Å². The van der Waals surface area contributed by atoms with E-state index < -0.39 is 23.4 Å². The number of carbonyl (C=O) groups excluding carboxylic acids is 2. The number of halogens is 3. The Bertz CT molecular complexity index is 709. The first-order chi connectivity index (χ1) is 10.3. The quantitative estimate of drug-likeness (QED) is 0.880. The highest BCUT2D eigenvalue weighted by molar-refractivity contribution is 5.92. The number of aldehydes is 1. The molecule has 1 amide bonds. The second kappa shape index (κ2) is 5.88. The molecule has 2 aromatic rings. The zero-order valence-electron chi connectivity index (χ0n) is 11.1. The van der Waals surface area contributed by atoms with Crippen LogP contribution >= 0.6 is 0 Å². The van der Waals surface area contributed by atoms with Crippen molar-refractivity contribution in [1.82, 2.24) is 0 Å². The van der Waals surface area contributed by atoms with Crippen LogP contribution in [0.2, 0.25) is 0 Å². The highest BCUT2D eigenvalue weighted by Gasteiger charge is 2.34. The third kappa shape index (κ3) is 3.43. The number of benzene rings is 2. The van der Waals surface area contributed by atoms with Crippen molar-refractivity contribution in [3.05, 3.63) is 59.2 Å². The lowest BCUT2D eigenvalue weighted by Crippen LogP contribution is -2.10. The topological polar surface area (TPSA) is 69.4 Å². The van der Waals surface area contributed by atoms with Crippen LogP contribution in [0.5, 0.6) is 11.5 Å². The molecule has 0 aromatic heterocycles. The zero-order chi connectivity index (χ0) is 16.3. The minimum absolute atomic E-state index is 0.106. The highest BCUT2D eigenvalue weighted by atomic mass is 19.4. The number of nitrogens with two attached hydrogens (primary N) is 1. The van der Waals surface area contributed by atoms with Crippen LogP contribution in [0.25, 0.3) is 0 Å². The van der Waals surface area contributed by atoms with Gasteiger partial charge in [-0.3, -0.25) is 9.59 Å². The standard InChI is InChI=1S/C15H10F3NO3/c16-15(17,18)12-7-9(8-20)1-6-13(12)22-11-4-2-10(3-5-11)14(19)21/h1-8H,(H2,19,21). The number of ether oxygens (including phenoxy) is 1. The Hall–Kier alpha value is -2.83. The molecule has 2 N–H and O–H groups in total. The Morgan fingerprint density at radius 2 is 1.73 bits per heavy atom. The van der Waals surface area contributed by atoms with Crippen molar-refractivity contribution >= 4 is 12.2 Å². The van der Waals surface area contributed by atoms with Crippen molar-refractivity contribution in [2.45, 2.75) is 6.18 Å². The third-order valence-corrected chi connectivity index (χ3v) is 2.81. The molecule has 0 saturated heterocycles. The van der Waals surface area contributed by atoms with E-state index in [1.807, 2.05) is 0 Å². The van der Waals surface area contributed by atoms with Crippen LogP contribution in [0.1, 0.15) is 26.3 Å². The fraction of sp³-hybridized carbons (Fsp3) is 0.0667. The molecule has 0 aliphatic rings. The predicted octanol–water partition coefficient (Wildman–Crippen LogP) is 3.41. The molecule has 0 saturated carbocycles. The van der Waals surface area contributed by atoms with Crippen LogP contribution in [0.15, 0.2) is 42.5 Å². The molecule has 7 heteroatoms. The Labute approximate surface area is 123 Å². The molecule has 4 nitrogen and oxygen atoms in total. The number of rotatable bonds is 4. The first-order valence-electron chi connectivity index (χ1n) is 6.05. The van der Waals surface area contributed by atoms with E-state index in [1.54, 1.807) is 0 Å². The van der Waals surface area contributed by atoms with Crippen LogP contribution < -0.4 is 10.5 Å². The van der Waals surface area contributed by atoms with Gasteiger partial charge in [0.05, 0.1) is 5.56 Å². The van der Waals surface area contributed by atoms with Gasteiger partial charge in [0.15, 0.2) is 0 Å². The normalized spacial score (nSPS) is 11.0. The number of primary amides is 1. The monoisotopic (exact) mass is 309 g/mol. The maximum Gasteiger partial charge on any atom is 0.420 e. The van der Waals surface area contributed by atoms with E-state index in [0.717, 1.165) is 6.07 Å². The summed E-state index contributed by atoms with van der Waals surface area (Å²) < 4.78 is 44.1. The molecule has 0 atom stereocenters. The first-order valence-corrected chi connectivity index (χ1v) is 6.05. The summed E-state index contributed by atoms with van der Waals surface area (Å²) in [4.78, 5) is 21.5. The molecular formula is C15H10F3NO3. The summed E-state index contributed by atoms with van der Waals surface area (Å²) in [6.07, 6.45) is -4.35. The van der Waals surface area contributed by atoms with Crippen LogP contribution in [0, 0.1) is 0 Å². The molecule has 2 aromatic carbocycles. The summed E-state index contributed by atoms with van der Waals surface area (Å²) >= 11 is 0. The number of carbonyl (C=O) groups is 2. The average molecular weight is 309 g/mol. The van der Waals surface area contributed by atoms with Gasteiger partial charge in [-0.05, 0) is 42.5 Å². The smallest absolute Gasteiger partial charge is 0.420 e. The molecule has 2 rings (SSSR count). The Morgan fingerprint density at radius 1 is 1.09 bits per heavy atom. The van der Waals surface area contributed by atoms with Gasteiger partial charge in [-0.15, -0.1) is 0 Å². The third-order valence-electron chi connectivity index (χ3n) is 2.81. The van der Waals surface area contributed by atoms with Crippen molar-refractivity contribution in [2.75, 3.05) is 0 Å². The maximum atomic E-state index is 13.0. The van der Waals surface area contributed by atoms with E-state index in [1.165, 1.54) is 30.3 Å². The minimum Gasteiger partial charge on any atom is -0.457 e. The largest absolute Gasteiger partial charge is 0.457 e. The number of amides is 1. The zero-order valence-corrected chi connectivity index (χ0v) is 11.1. The molecule has 0 spiro atoms. The van der Waals surface area contributed by atoms with Gasteiger partial charge in [-0.25, -0.2) is 0 Å². The Morgan fingerprint density at radius 3 is 2.23 bits per heavy atom. The maximum absolute atomic E-state index is 13.0. The summed E-state index contributed by atoms with van der Waals surface area (Å²) in [7, 11) is 0. The van der Waals surface area contributed by atoms with E-state index in [2.05, 4.69) is 0 Å². The predicted molar refractivity (Wildman–Crippen MR) is 71.9 cm³/mol. The van der Waals surface area contributed by atoms with E-state index in [9.17, 15) is 22.8 Å². The van der Waals surface area contributed by atoms with E-state index in [0.29, 0.717) is 12.4 Å². The molecule has 0 bridgehead atoms. The number of hydrogen-bond donors (Lipinski definition) is 1. The lowest BCUT2D eigenvalue weighted by molar-refractivity contribution is -0.138. The summed E-state index contributed by atoms with van der Waals surface area (Å²) in [6, 6.07) is 8.32. The number of alkyl halides is 3. The molecule has 22 heavy (non-hydrogen) atoms. The Kier molecular flexibility index (Phi) is 4.16. The molecule has 114 valence electrons.